The second kappa shape index (κ2) is 8.27. The van der Waals surface area contributed by atoms with Crippen molar-refractivity contribution < 1.29 is 4.79 Å². The van der Waals surface area contributed by atoms with Gasteiger partial charge in [0.2, 0.25) is 5.91 Å². The van der Waals surface area contributed by atoms with Crippen molar-refractivity contribution in [3.05, 3.63) is 107 Å². The van der Waals surface area contributed by atoms with Gasteiger partial charge in [0.15, 0.2) is 0 Å². The summed E-state index contributed by atoms with van der Waals surface area (Å²) in [5.74, 6) is -0.266. The molecule has 4 aromatic rings. The van der Waals surface area contributed by atoms with Crippen LogP contribution in [0.25, 0.3) is 10.8 Å². The Morgan fingerprint density at radius 3 is 2.55 bits per heavy atom. The Morgan fingerprint density at radius 1 is 0.931 bits per heavy atom. The van der Waals surface area contributed by atoms with Crippen LogP contribution in [0.5, 0.6) is 0 Å². The van der Waals surface area contributed by atoms with E-state index >= 15 is 0 Å². The third kappa shape index (κ3) is 4.04. The molecule has 0 radical (unpaired) electrons. The normalized spacial score (nSPS) is 11.9. The Balaban J connectivity index is 1.59. The van der Waals surface area contributed by atoms with Crippen LogP contribution in [0.2, 0.25) is 0 Å². The molecule has 0 aliphatic rings. The molecule has 3 nitrogen and oxygen atoms in total. The molecule has 1 atom stereocenters. The number of fused-ring (bicyclic) bond motifs is 1. The molecular weight excluding hydrogens is 356 g/mol. The predicted molar refractivity (Wildman–Crippen MR) is 119 cm³/mol. The average molecular weight is 380 g/mol. The zero-order valence-electron chi connectivity index (χ0n) is 16.7. The number of nitrogens with zero attached hydrogens (tertiary/aromatic N) is 1. The van der Waals surface area contributed by atoms with E-state index in [0.29, 0.717) is 6.42 Å². The maximum absolute atomic E-state index is 13.1. The molecule has 3 heteroatoms. The van der Waals surface area contributed by atoms with Crippen LogP contribution >= 0.6 is 0 Å². The van der Waals surface area contributed by atoms with E-state index in [1.165, 1.54) is 0 Å². The summed E-state index contributed by atoms with van der Waals surface area (Å²) in [6, 6.07) is 26.3. The van der Waals surface area contributed by atoms with Crippen molar-refractivity contribution in [1.82, 2.24) is 4.98 Å². The molecule has 0 aliphatic heterocycles. The first-order valence-corrected chi connectivity index (χ1v) is 9.90. The van der Waals surface area contributed by atoms with E-state index in [9.17, 15) is 4.79 Å². The van der Waals surface area contributed by atoms with Crippen LogP contribution in [0.3, 0.4) is 0 Å². The lowest BCUT2D eigenvalue weighted by atomic mass is 9.94. The quantitative estimate of drug-likeness (QED) is 0.470. The van der Waals surface area contributed by atoms with Crippen molar-refractivity contribution in [2.24, 2.45) is 0 Å². The van der Waals surface area contributed by atoms with Gasteiger partial charge in [-0.05, 0) is 53.4 Å². The van der Waals surface area contributed by atoms with Gasteiger partial charge in [-0.25, -0.2) is 0 Å². The number of amides is 1. The molecule has 1 amide bonds. The average Bonchev–Trinajstić information content (AvgIpc) is 2.75. The lowest BCUT2D eigenvalue weighted by Gasteiger charge is -2.17. The van der Waals surface area contributed by atoms with E-state index in [2.05, 4.69) is 41.5 Å². The number of aromatic nitrogens is 1. The topological polar surface area (TPSA) is 42.0 Å². The first kappa shape index (κ1) is 18.9. The third-order valence-electron chi connectivity index (χ3n) is 5.43. The van der Waals surface area contributed by atoms with Gasteiger partial charge in [-0.3, -0.25) is 9.78 Å². The first-order chi connectivity index (χ1) is 14.1. The minimum atomic E-state index is -0.259. The molecule has 1 N–H and O–H groups in total. The largest absolute Gasteiger partial charge is 0.325 e. The third-order valence-corrected chi connectivity index (χ3v) is 5.43. The van der Waals surface area contributed by atoms with Crippen LogP contribution in [0.15, 0.2) is 85.1 Å². The van der Waals surface area contributed by atoms with Gasteiger partial charge in [-0.2, -0.15) is 0 Å². The lowest BCUT2D eigenvalue weighted by Crippen LogP contribution is -2.20. The summed E-state index contributed by atoms with van der Waals surface area (Å²) in [6.07, 6.45) is 2.50. The van der Waals surface area contributed by atoms with Crippen molar-refractivity contribution in [2.45, 2.75) is 26.2 Å². The van der Waals surface area contributed by atoms with Gasteiger partial charge in [0, 0.05) is 24.0 Å². The highest BCUT2D eigenvalue weighted by Crippen LogP contribution is 2.27. The number of hydrogen-bond acceptors (Lipinski definition) is 2. The van der Waals surface area contributed by atoms with E-state index in [-0.39, 0.29) is 11.8 Å². The zero-order valence-corrected chi connectivity index (χ0v) is 16.7. The molecule has 29 heavy (non-hydrogen) atoms. The summed E-state index contributed by atoms with van der Waals surface area (Å²) < 4.78 is 0. The lowest BCUT2D eigenvalue weighted by molar-refractivity contribution is -0.117. The zero-order chi connectivity index (χ0) is 20.2. The number of rotatable bonds is 5. The summed E-state index contributed by atoms with van der Waals surface area (Å²) in [4.78, 5) is 17.6. The Labute approximate surface area is 171 Å². The number of benzene rings is 3. The molecule has 0 bridgehead atoms. The van der Waals surface area contributed by atoms with Gasteiger partial charge in [0.25, 0.3) is 0 Å². The molecular formula is C26H24N2O. The Bertz CT molecular complexity index is 1160. The summed E-state index contributed by atoms with van der Waals surface area (Å²) in [7, 11) is 0. The molecule has 144 valence electrons. The van der Waals surface area contributed by atoms with E-state index in [4.69, 9.17) is 0 Å². The van der Waals surface area contributed by atoms with Gasteiger partial charge in [0.1, 0.15) is 0 Å². The molecule has 0 spiro atoms. The Morgan fingerprint density at radius 2 is 1.69 bits per heavy atom. The predicted octanol–water partition coefficient (Wildman–Crippen LogP) is 5.88. The Kier molecular flexibility index (Phi) is 5.39. The molecule has 0 fully saturated rings. The molecule has 1 unspecified atom stereocenters. The maximum atomic E-state index is 13.1. The molecule has 3 aromatic carbocycles. The van der Waals surface area contributed by atoms with Crippen molar-refractivity contribution in [2.75, 3.05) is 5.32 Å². The fraction of sp³-hybridized carbons (Fsp3) is 0.154. The maximum Gasteiger partial charge on any atom is 0.231 e. The van der Waals surface area contributed by atoms with Crippen LogP contribution in [-0.4, -0.2) is 10.9 Å². The molecule has 0 saturated heterocycles. The SMILES string of the molecule is Cc1cccnc1Cc1ccccc1NC(=O)C(C)c1cccc2ccccc12. The first-order valence-electron chi connectivity index (χ1n) is 9.90. The summed E-state index contributed by atoms with van der Waals surface area (Å²) >= 11 is 0. The minimum absolute atomic E-state index is 0.00783. The molecule has 0 aliphatic carbocycles. The molecule has 0 saturated carbocycles. The summed E-state index contributed by atoms with van der Waals surface area (Å²) in [6.45, 7) is 4.02. The highest BCUT2D eigenvalue weighted by molar-refractivity contribution is 5.99. The van der Waals surface area contributed by atoms with E-state index in [1.807, 2.05) is 67.7 Å². The number of carbonyl (C=O) groups excluding carboxylic acids is 1. The van der Waals surface area contributed by atoms with Crippen LogP contribution in [0.4, 0.5) is 5.69 Å². The van der Waals surface area contributed by atoms with E-state index in [0.717, 1.165) is 38.8 Å². The number of pyridine rings is 1. The summed E-state index contributed by atoms with van der Waals surface area (Å²) in [5, 5.41) is 5.42. The van der Waals surface area contributed by atoms with Gasteiger partial charge in [0.05, 0.1) is 5.92 Å². The van der Waals surface area contributed by atoms with Gasteiger partial charge in [-0.15, -0.1) is 0 Å². The van der Waals surface area contributed by atoms with Crippen LogP contribution < -0.4 is 5.32 Å². The number of anilines is 1. The molecule has 1 aromatic heterocycles. The van der Waals surface area contributed by atoms with Gasteiger partial charge < -0.3 is 5.32 Å². The fourth-order valence-electron chi connectivity index (χ4n) is 3.69. The van der Waals surface area contributed by atoms with Gasteiger partial charge >= 0.3 is 0 Å². The number of carbonyl (C=O) groups is 1. The van der Waals surface area contributed by atoms with Crippen LogP contribution in [0, 0.1) is 6.92 Å². The smallest absolute Gasteiger partial charge is 0.231 e. The minimum Gasteiger partial charge on any atom is -0.325 e. The highest BCUT2D eigenvalue weighted by Gasteiger charge is 2.18. The van der Waals surface area contributed by atoms with Crippen molar-refractivity contribution >= 4 is 22.4 Å². The standard InChI is InChI=1S/C26H24N2O/c1-18-9-8-16-27-25(18)17-21-11-4-6-15-24(21)28-26(29)19(2)22-14-7-12-20-10-3-5-13-23(20)22/h3-16,19H,17H2,1-2H3,(H,28,29). The van der Waals surface area contributed by atoms with Crippen molar-refractivity contribution in [3.8, 4) is 0 Å². The molecule has 1 heterocycles. The van der Waals surface area contributed by atoms with Crippen molar-refractivity contribution in [3.63, 3.8) is 0 Å². The van der Waals surface area contributed by atoms with E-state index in [1.54, 1.807) is 0 Å². The number of hydrogen-bond donors (Lipinski definition) is 1. The van der Waals surface area contributed by atoms with Crippen molar-refractivity contribution in [1.29, 1.82) is 0 Å². The Hall–Kier alpha value is -3.46. The fourth-order valence-corrected chi connectivity index (χ4v) is 3.69. The van der Waals surface area contributed by atoms with E-state index < -0.39 is 0 Å². The number of para-hydroxylation sites is 1. The number of aryl methyl sites for hydroxylation is 1. The summed E-state index contributed by atoms with van der Waals surface area (Å²) in [5.41, 5.74) is 5.12. The van der Waals surface area contributed by atoms with Crippen LogP contribution in [0.1, 0.15) is 35.2 Å². The second-order valence-electron chi connectivity index (χ2n) is 7.38. The number of nitrogens with one attached hydrogen (secondary N) is 1. The monoisotopic (exact) mass is 380 g/mol. The van der Waals surface area contributed by atoms with Crippen LogP contribution in [-0.2, 0) is 11.2 Å². The van der Waals surface area contributed by atoms with Gasteiger partial charge in [-0.1, -0.05) is 66.7 Å². The highest BCUT2D eigenvalue weighted by atomic mass is 16.1. The second-order valence-corrected chi connectivity index (χ2v) is 7.38. The molecule has 4 rings (SSSR count).